The fourth-order valence-corrected chi connectivity index (χ4v) is 4.09. The number of nitro groups is 1. The van der Waals surface area contributed by atoms with Crippen LogP contribution >= 0.6 is 0 Å². The number of pyridine rings is 1. The number of anilines is 2. The van der Waals surface area contributed by atoms with Crippen molar-refractivity contribution in [1.29, 1.82) is 0 Å². The maximum Gasteiger partial charge on any atom is 0.313 e. The lowest BCUT2D eigenvalue weighted by molar-refractivity contribution is -0.384. The minimum absolute atomic E-state index is 0.0980. The molecule has 1 aliphatic heterocycles. The molecule has 4 rings (SSSR count). The molecule has 2 aromatic carbocycles. The molecule has 1 atom stereocenters. The van der Waals surface area contributed by atoms with E-state index in [1.165, 1.54) is 30.0 Å². The summed E-state index contributed by atoms with van der Waals surface area (Å²) in [5, 5.41) is 16.0. The molecule has 0 unspecified atom stereocenters. The van der Waals surface area contributed by atoms with Crippen molar-refractivity contribution in [3.63, 3.8) is 0 Å². The first kappa shape index (κ1) is 23.8. The van der Waals surface area contributed by atoms with Crippen LogP contribution in [0.5, 0.6) is 0 Å². The first-order chi connectivity index (χ1) is 17.0. The standard InChI is InChI=1S/C25H26N6O4/c32-24(25(33)28-20-8-10-22(11-9-20)31(34)35)27-18-23(19-5-4-12-26-17-19)30-15-13-29(14-16-30)21-6-2-1-3-7-21/h1-12,17,23H,13-16,18H2,(H,27,32)(H,28,33)/t23-/m1/s1. The Hall–Kier alpha value is -4.31. The second kappa shape index (κ2) is 11.2. The number of amides is 2. The predicted molar refractivity (Wildman–Crippen MR) is 132 cm³/mol. The molecule has 180 valence electrons. The van der Waals surface area contributed by atoms with Gasteiger partial charge in [-0.1, -0.05) is 24.3 Å². The number of carbonyl (C=O) groups is 2. The number of hydrogen-bond acceptors (Lipinski definition) is 7. The van der Waals surface area contributed by atoms with E-state index in [2.05, 4.69) is 37.6 Å². The van der Waals surface area contributed by atoms with Crippen LogP contribution in [0.25, 0.3) is 0 Å². The second-order valence-corrected chi connectivity index (χ2v) is 8.13. The highest BCUT2D eigenvalue weighted by molar-refractivity contribution is 6.39. The van der Waals surface area contributed by atoms with Crippen molar-refractivity contribution in [2.24, 2.45) is 0 Å². The number of hydrogen-bond donors (Lipinski definition) is 2. The van der Waals surface area contributed by atoms with Gasteiger partial charge in [-0.15, -0.1) is 0 Å². The smallest absolute Gasteiger partial charge is 0.313 e. The number of carbonyl (C=O) groups excluding carboxylic acids is 2. The molecule has 35 heavy (non-hydrogen) atoms. The quantitative estimate of drug-likeness (QED) is 0.307. The highest BCUT2D eigenvalue weighted by atomic mass is 16.6. The van der Waals surface area contributed by atoms with Crippen LogP contribution in [0, 0.1) is 10.1 Å². The average Bonchev–Trinajstić information content (AvgIpc) is 2.90. The van der Waals surface area contributed by atoms with Crippen LogP contribution in [-0.2, 0) is 9.59 Å². The monoisotopic (exact) mass is 474 g/mol. The zero-order chi connectivity index (χ0) is 24.6. The lowest BCUT2D eigenvalue weighted by Crippen LogP contribution is -2.50. The van der Waals surface area contributed by atoms with Crippen LogP contribution < -0.4 is 15.5 Å². The second-order valence-electron chi connectivity index (χ2n) is 8.13. The third-order valence-corrected chi connectivity index (χ3v) is 5.94. The normalized spacial score (nSPS) is 14.7. The van der Waals surface area contributed by atoms with E-state index in [1.54, 1.807) is 12.4 Å². The van der Waals surface area contributed by atoms with E-state index in [9.17, 15) is 19.7 Å². The summed E-state index contributed by atoms with van der Waals surface area (Å²) in [6.07, 6.45) is 3.47. The van der Waals surface area contributed by atoms with Crippen molar-refractivity contribution in [3.05, 3.63) is 94.8 Å². The van der Waals surface area contributed by atoms with E-state index in [1.807, 2.05) is 30.3 Å². The van der Waals surface area contributed by atoms with Gasteiger partial charge in [0.05, 0.1) is 11.0 Å². The van der Waals surface area contributed by atoms with Gasteiger partial charge in [0.25, 0.3) is 5.69 Å². The highest BCUT2D eigenvalue weighted by Crippen LogP contribution is 2.23. The molecule has 0 saturated carbocycles. The van der Waals surface area contributed by atoms with Crippen molar-refractivity contribution in [2.75, 3.05) is 42.9 Å². The number of rotatable bonds is 7. The Bertz CT molecular complexity index is 1150. The molecule has 0 radical (unpaired) electrons. The summed E-state index contributed by atoms with van der Waals surface area (Å²) < 4.78 is 0. The Labute approximate surface area is 202 Å². The summed E-state index contributed by atoms with van der Waals surface area (Å²) in [5.74, 6) is -1.61. The van der Waals surface area contributed by atoms with Gasteiger partial charge >= 0.3 is 11.8 Å². The van der Waals surface area contributed by atoms with E-state index < -0.39 is 16.7 Å². The molecule has 2 heterocycles. The summed E-state index contributed by atoms with van der Waals surface area (Å²) >= 11 is 0. The molecule has 1 fully saturated rings. The highest BCUT2D eigenvalue weighted by Gasteiger charge is 2.27. The molecule has 0 spiro atoms. The minimum Gasteiger partial charge on any atom is -0.369 e. The predicted octanol–water partition coefficient (Wildman–Crippen LogP) is 2.61. The van der Waals surface area contributed by atoms with Gasteiger partial charge in [0, 0.05) is 68.6 Å². The maximum atomic E-state index is 12.5. The molecule has 10 heteroatoms. The van der Waals surface area contributed by atoms with Gasteiger partial charge in [-0.25, -0.2) is 0 Å². The molecular weight excluding hydrogens is 448 g/mol. The van der Waals surface area contributed by atoms with Gasteiger partial charge in [0.1, 0.15) is 0 Å². The van der Waals surface area contributed by atoms with E-state index in [0.29, 0.717) is 5.69 Å². The van der Waals surface area contributed by atoms with Crippen LogP contribution in [-0.4, -0.2) is 59.3 Å². The zero-order valence-corrected chi connectivity index (χ0v) is 19.0. The number of non-ortho nitro benzene ring substituents is 1. The molecule has 1 saturated heterocycles. The first-order valence-corrected chi connectivity index (χ1v) is 11.3. The van der Waals surface area contributed by atoms with Crippen molar-refractivity contribution in [2.45, 2.75) is 6.04 Å². The minimum atomic E-state index is -0.835. The van der Waals surface area contributed by atoms with Crippen LogP contribution in [0.1, 0.15) is 11.6 Å². The maximum absolute atomic E-state index is 12.5. The van der Waals surface area contributed by atoms with Crippen molar-refractivity contribution >= 4 is 28.9 Å². The van der Waals surface area contributed by atoms with E-state index in [-0.39, 0.29) is 18.3 Å². The number of aromatic nitrogens is 1. The van der Waals surface area contributed by atoms with Gasteiger partial charge in [-0.05, 0) is 35.9 Å². The molecule has 1 aromatic heterocycles. The molecule has 0 aliphatic carbocycles. The van der Waals surface area contributed by atoms with Gasteiger partial charge in [-0.3, -0.25) is 29.6 Å². The number of piperazine rings is 1. The van der Waals surface area contributed by atoms with Gasteiger partial charge in [-0.2, -0.15) is 0 Å². The van der Waals surface area contributed by atoms with Crippen molar-refractivity contribution < 1.29 is 14.5 Å². The number of nitrogens with zero attached hydrogens (tertiary/aromatic N) is 4. The lowest BCUT2D eigenvalue weighted by Gasteiger charge is -2.40. The number of nitrogens with one attached hydrogen (secondary N) is 2. The summed E-state index contributed by atoms with van der Waals surface area (Å²) in [6.45, 7) is 3.51. The van der Waals surface area contributed by atoms with E-state index in [4.69, 9.17) is 0 Å². The largest absolute Gasteiger partial charge is 0.369 e. The van der Waals surface area contributed by atoms with Crippen molar-refractivity contribution in [3.8, 4) is 0 Å². The molecule has 0 bridgehead atoms. The topological polar surface area (TPSA) is 121 Å². The SMILES string of the molecule is O=C(NC[C@H](c1cccnc1)N1CCN(c2ccccc2)CC1)C(=O)Nc1ccc([N+](=O)[O-])cc1. The van der Waals surface area contributed by atoms with Gasteiger partial charge < -0.3 is 15.5 Å². The van der Waals surface area contributed by atoms with Crippen LogP contribution in [0.3, 0.4) is 0 Å². The summed E-state index contributed by atoms with van der Waals surface area (Å²) in [6, 6.07) is 19.2. The van der Waals surface area contributed by atoms with E-state index >= 15 is 0 Å². The molecular formula is C25H26N6O4. The number of benzene rings is 2. The zero-order valence-electron chi connectivity index (χ0n) is 19.0. The fraction of sp³-hybridized carbons (Fsp3) is 0.240. The molecule has 2 N–H and O–H groups in total. The van der Waals surface area contributed by atoms with Gasteiger partial charge in [0.15, 0.2) is 0 Å². The summed E-state index contributed by atoms with van der Waals surface area (Å²) in [4.78, 5) is 43.9. The third kappa shape index (κ3) is 6.18. The number of para-hydroxylation sites is 1. The Balaban J connectivity index is 1.37. The van der Waals surface area contributed by atoms with Crippen LogP contribution in [0.15, 0.2) is 79.1 Å². The molecule has 10 nitrogen and oxygen atoms in total. The third-order valence-electron chi connectivity index (χ3n) is 5.94. The van der Waals surface area contributed by atoms with E-state index in [0.717, 1.165) is 31.7 Å². The Morgan fingerprint density at radius 3 is 2.29 bits per heavy atom. The summed E-state index contributed by atoms with van der Waals surface area (Å²) in [5.41, 5.74) is 2.34. The van der Waals surface area contributed by atoms with Crippen LogP contribution in [0.2, 0.25) is 0 Å². The Morgan fingerprint density at radius 2 is 1.66 bits per heavy atom. The Morgan fingerprint density at radius 1 is 0.943 bits per heavy atom. The van der Waals surface area contributed by atoms with Crippen molar-refractivity contribution in [1.82, 2.24) is 15.2 Å². The fourth-order valence-electron chi connectivity index (χ4n) is 4.09. The number of nitro benzene ring substituents is 1. The first-order valence-electron chi connectivity index (χ1n) is 11.3. The molecule has 3 aromatic rings. The average molecular weight is 475 g/mol. The van der Waals surface area contributed by atoms with Gasteiger partial charge in [0.2, 0.25) is 0 Å². The Kier molecular flexibility index (Phi) is 7.63. The molecule has 2 amide bonds. The molecule has 1 aliphatic rings. The summed E-state index contributed by atoms with van der Waals surface area (Å²) in [7, 11) is 0. The van der Waals surface area contributed by atoms with Crippen LogP contribution in [0.4, 0.5) is 17.1 Å². The lowest BCUT2D eigenvalue weighted by atomic mass is 10.1.